The van der Waals surface area contributed by atoms with Gasteiger partial charge < -0.3 is 9.47 Å². The third-order valence-corrected chi connectivity index (χ3v) is 7.47. The third kappa shape index (κ3) is 6.72. The fourth-order valence-electron chi connectivity index (χ4n) is 4.04. The topological polar surface area (TPSA) is 84.9 Å². The molecular weight excluding hydrogens is 622 g/mol. The second kappa shape index (κ2) is 12.9. The van der Waals surface area contributed by atoms with Crippen molar-refractivity contribution in [2.24, 2.45) is 0 Å². The van der Waals surface area contributed by atoms with Crippen molar-refractivity contribution in [2.75, 3.05) is 4.90 Å². The van der Waals surface area contributed by atoms with Crippen molar-refractivity contribution >= 4 is 76.0 Å². The summed E-state index contributed by atoms with van der Waals surface area (Å²) < 4.78 is 11.6. The normalized spacial score (nSPS) is 14.2. The number of nitrogens with one attached hydrogen (secondary N) is 1. The second-order valence-corrected chi connectivity index (χ2v) is 10.7. The Morgan fingerprint density at radius 2 is 1.43 bits per heavy atom. The maximum atomic E-state index is 13.3. The van der Waals surface area contributed by atoms with Gasteiger partial charge in [0.25, 0.3) is 11.8 Å². The molecule has 5 rings (SSSR count). The van der Waals surface area contributed by atoms with E-state index in [2.05, 4.69) is 5.32 Å². The Kier molecular flexibility index (Phi) is 9.04. The van der Waals surface area contributed by atoms with E-state index in [1.54, 1.807) is 54.6 Å². The number of imide groups is 2. The number of rotatable bonds is 8. The second-order valence-electron chi connectivity index (χ2n) is 9.05. The molecule has 0 aliphatic carbocycles. The first-order valence-electron chi connectivity index (χ1n) is 12.4. The summed E-state index contributed by atoms with van der Waals surface area (Å²) >= 11 is 24.7. The molecule has 0 bridgehead atoms. The van der Waals surface area contributed by atoms with Crippen LogP contribution in [0.1, 0.15) is 16.7 Å². The molecule has 4 aromatic carbocycles. The number of carbonyl (C=O) groups excluding carboxylic acids is 3. The van der Waals surface area contributed by atoms with Crippen LogP contribution in [0.2, 0.25) is 20.1 Å². The van der Waals surface area contributed by atoms with Crippen molar-refractivity contribution in [1.29, 1.82) is 0 Å². The van der Waals surface area contributed by atoms with Crippen LogP contribution in [0.25, 0.3) is 6.08 Å². The van der Waals surface area contributed by atoms with Crippen molar-refractivity contribution in [3.8, 4) is 11.5 Å². The molecule has 1 aliphatic rings. The predicted octanol–water partition coefficient (Wildman–Crippen LogP) is 8.12. The summed E-state index contributed by atoms with van der Waals surface area (Å²) in [7, 11) is 0. The van der Waals surface area contributed by atoms with Crippen LogP contribution in [0.4, 0.5) is 10.5 Å². The standard InChI is InChI=1S/C31H20Cl4N2O5/c32-21-7-6-20(26(34)15-21)16-41-23-10-8-22(9-11-23)37-30(39)24(29(38)36-31(37)40)13-18-5-12-28(27(35)14-18)42-17-19-3-1-2-4-25(19)33/h1-15H,16-17H2,(H,36,38,40)/b24-13+. The molecule has 4 aromatic rings. The summed E-state index contributed by atoms with van der Waals surface area (Å²) in [6.45, 7) is 0.392. The Morgan fingerprint density at radius 3 is 2.14 bits per heavy atom. The van der Waals surface area contributed by atoms with Crippen LogP contribution >= 0.6 is 46.4 Å². The van der Waals surface area contributed by atoms with E-state index in [4.69, 9.17) is 55.9 Å². The van der Waals surface area contributed by atoms with Gasteiger partial charge in [0, 0.05) is 26.2 Å². The van der Waals surface area contributed by atoms with Crippen LogP contribution in [0.5, 0.6) is 11.5 Å². The number of nitrogens with zero attached hydrogens (tertiary/aromatic N) is 1. The lowest BCUT2D eigenvalue weighted by Gasteiger charge is -2.26. The van der Waals surface area contributed by atoms with Crippen LogP contribution in [0, 0.1) is 0 Å². The average molecular weight is 642 g/mol. The summed E-state index contributed by atoms with van der Waals surface area (Å²) in [5.41, 5.74) is 2.00. The van der Waals surface area contributed by atoms with Gasteiger partial charge in [0.2, 0.25) is 0 Å². The van der Waals surface area contributed by atoms with Gasteiger partial charge in [-0.25, -0.2) is 9.69 Å². The Morgan fingerprint density at radius 1 is 0.714 bits per heavy atom. The summed E-state index contributed by atoms with van der Waals surface area (Å²) in [5, 5.41) is 4.03. The minimum Gasteiger partial charge on any atom is -0.489 e. The third-order valence-electron chi connectivity index (χ3n) is 6.21. The highest BCUT2D eigenvalue weighted by Gasteiger charge is 2.36. The van der Waals surface area contributed by atoms with Crippen molar-refractivity contribution in [1.82, 2.24) is 5.32 Å². The molecule has 7 nitrogen and oxygen atoms in total. The summed E-state index contributed by atoms with van der Waals surface area (Å²) in [5.74, 6) is -0.736. The van der Waals surface area contributed by atoms with Gasteiger partial charge in [0.15, 0.2) is 0 Å². The quantitative estimate of drug-likeness (QED) is 0.155. The minimum atomic E-state index is -0.870. The number of halogens is 4. The highest BCUT2D eigenvalue weighted by Crippen LogP contribution is 2.30. The molecule has 0 radical (unpaired) electrons. The Balaban J connectivity index is 1.29. The molecular formula is C31H20Cl4N2O5. The number of amides is 4. The highest BCUT2D eigenvalue weighted by atomic mass is 35.5. The summed E-state index contributed by atoms with van der Waals surface area (Å²) in [6, 6.07) is 22.6. The van der Waals surface area contributed by atoms with Gasteiger partial charge in [-0.3, -0.25) is 14.9 Å². The summed E-state index contributed by atoms with van der Waals surface area (Å²) in [4.78, 5) is 39.4. The number of urea groups is 1. The van der Waals surface area contributed by atoms with Gasteiger partial charge in [0.1, 0.15) is 30.3 Å². The van der Waals surface area contributed by atoms with Crippen molar-refractivity contribution in [3.05, 3.63) is 127 Å². The molecule has 1 fully saturated rings. The number of hydrogen-bond donors (Lipinski definition) is 1. The van der Waals surface area contributed by atoms with Crippen LogP contribution < -0.4 is 19.7 Å². The highest BCUT2D eigenvalue weighted by molar-refractivity contribution is 6.39. The van der Waals surface area contributed by atoms with E-state index in [1.807, 2.05) is 18.2 Å². The smallest absolute Gasteiger partial charge is 0.335 e. The Hall–Kier alpha value is -4.01. The fourth-order valence-corrected chi connectivity index (χ4v) is 4.94. The van der Waals surface area contributed by atoms with E-state index < -0.39 is 17.8 Å². The minimum absolute atomic E-state index is 0.187. The Labute approximate surface area is 261 Å². The molecule has 0 unspecified atom stereocenters. The zero-order valence-corrected chi connectivity index (χ0v) is 24.6. The molecule has 1 aliphatic heterocycles. The fraction of sp³-hybridized carbons (Fsp3) is 0.0645. The molecule has 0 atom stereocenters. The molecule has 1 heterocycles. The van der Waals surface area contributed by atoms with Crippen LogP contribution in [-0.2, 0) is 22.8 Å². The van der Waals surface area contributed by atoms with E-state index in [0.29, 0.717) is 32.1 Å². The van der Waals surface area contributed by atoms with Gasteiger partial charge in [0.05, 0.1) is 10.7 Å². The number of ether oxygens (including phenoxy) is 2. The number of carbonyl (C=O) groups is 3. The number of barbiturate groups is 1. The number of hydrogen-bond acceptors (Lipinski definition) is 5. The number of benzene rings is 4. The molecule has 1 N–H and O–H groups in total. The molecule has 42 heavy (non-hydrogen) atoms. The molecule has 4 amide bonds. The van der Waals surface area contributed by atoms with E-state index >= 15 is 0 Å². The van der Waals surface area contributed by atoms with Crippen molar-refractivity contribution in [2.45, 2.75) is 13.2 Å². The largest absolute Gasteiger partial charge is 0.489 e. The van der Waals surface area contributed by atoms with Crippen LogP contribution in [0.3, 0.4) is 0 Å². The first-order chi connectivity index (χ1) is 20.2. The van der Waals surface area contributed by atoms with E-state index in [0.717, 1.165) is 16.0 Å². The number of anilines is 1. The maximum absolute atomic E-state index is 13.3. The average Bonchev–Trinajstić information content (AvgIpc) is 2.96. The van der Waals surface area contributed by atoms with Gasteiger partial charge in [-0.2, -0.15) is 0 Å². The monoisotopic (exact) mass is 640 g/mol. The molecule has 11 heteroatoms. The first-order valence-corrected chi connectivity index (χ1v) is 13.9. The molecule has 0 saturated carbocycles. The molecule has 1 saturated heterocycles. The van der Waals surface area contributed by atoms with Gasteiger partial charge in [-0.1, -0.05) is 76.7 Å². The zero-order chi connectivity index (χ0) is 29.8. The lowest BCUT2D eigenvalue weighted by Crippen LogP contribution is -2.54. The SMILES string of the molecule is O=C1NC(=O)N(c2ccc(OCc3ccc(Cl)cc3Cl)cc2)C(=O)/C1=C/c1ccc(OCc2ccccc2Cl)c(Cl)c1. The zero-order valence-electron chi connectivity index (χ0n) is 21.6. The van der Waals surface area contributed by atoms with Crippen LogP contribution in [-0.4, -0.2) is 17.8 Å². The van der Waals surface area contributed by atoms with Crippen LogP contribution in [0.15, 0.2) is 90.5 Å². The lowest BCUT2D eigenvalue weighted by molar-refractivity contribution is -0.122. The van der Waals surface area contributed by atoms with Gasteiger partial charge in [-0.05, 0) is 66.2 Å². The maximum Gasteiger partial charge on any atom is 0.335 e. The lowest BCUT2D eigenvalue weighted by atomic mass is 10.1. The van der Waals surface area contributed by atoms with Crippen molar-refractivity contribution in [3.63, 3.8) is 0 Å². The first kappa shape index (κ1) is 29.5. The van der Waals surface area contributed by atoms with Crippen molar-refractivity contribution < 1.29 is 23.9 Å². The summed E-state index contributed by atoms with van der Waals surface area (Å²) in [6.07, 6.45) is 1.36. The van der Waals surface area contributed by atoms with E-state index in [9.17, 15) is 14.4 Å². The van der Waals surface area contributed by atoms with Gasteiger partial charge >= 0.3 is 6.03 Å². The predicted molar refractivity (Wildman–Crippen MR) is 163 cm³/mol. The van der Waals surface area contributed by atoms with Gasteiger partial charge in [-0.15, -0.1) is 0 Å². The molecule has 0 aromatic heterocycles. The Bertz CT molecular complexity index is 1720. The van der Waals surface area contributed by atoms with E-state index in [-0.39, 0.29) is 29.5 Å². The van der Waals surface area contributed by atoms with E-state index in [1.165, 1.54) is 18.2 Å². The molecule has 0 spiro atoms. The molecule has 212 valence electrons.